The Morgan fingerprint density at radius 1 is 1.64 bits per heavy atom. The first kappa shape index (κ1) is 8.79. The van der Waals surface area contributed by atoms with Crippen molar-refractivity contribution in [3.8, 4) is 0 Å². The molecule has 0 amide bonds. The van der Waals surface area contributed by atoms with Crippen LogP contribution in [0.4, 0.5) is 0 Å². The lowest BCUT2D eigenvalue weighted by Gasteiger charge is -2.22. The molecule has 64 valence electrons. The molecular weight excluding hydrogens is 134 g/mol. The predicted octanol–water partition coefficient (Wildman–Crippen LogP) is 2.34. The summed E-state index contributed by atoms with van der Waals surface area (Å²) in [6, 6.07) is 0.709. The van der Waals surface area contributed by atoms with E-state index in [-0.39, 0.29) is 0 Å². The van der Waals surface area contributed by atoms with Gasteiger partial charge < -0.3 is 5.32 Å². The van der Waals surface area contributed by atoms with E-state index in [4.69, 9.17) is 0 Å². The van der Waals surface area contributed by atoms with Crippen molar-refractivity contribution >= 4 is 0 Å². The Bertz CT molecular complexity index is 136. The molecule has 11 heavy (non-hydrogen) atoms. The second kappa shape index (κ2) is 3.40. The van der Waals surface area contributed by atoms with Crippen molar-refractivity contribution in [2.24, 2.45) is 5.41 Å². The fourth-order valence-corrected chi connectivity index (χ4v) is 1.67. The number of hydrogen-bond donors (Lipinski definition) is 1. The van der Waals surface area contributed by atoms with E-state index in [1.807, 2.05) is 6.08 Å². The van der Waals surface area contributed by atoms with E-state index in [2.05, 4.69) is 25.9 Å². The van der Waals surface area contributed by atoms with Gasteiger partial charge >= 0.3 is 0 Å². The van der Waals surface area contributed by atoms with Crippen molar-refractivity contribution in [1.82, 2.24) is 5.32 Å². The lowest BCUT2D eigenvalue weighted by molar-refractivity contribution is 0.360. The molecule has 1 unspecified atom stereocenters. The summed E-state index contributed by atoms with van der Waals surface area (Å²) in [6.07, 6.45) is 7.19. The van der Waals surface area contributed by atoms with Crippen molar-refractivity contribution in [3.63, 3.8) is 0 Å². The summed E-state index contributed by atoms with van der Waals surface area (Å²) in [5.41, 5.74) is 0.609. The minimum Gasteiger partial charge on any atom is -0.316 e. The zero-order valence-corrected chi connectivity index (χ0v) is 7.69. The fourth-order valence-electron chi connectivity index (χ4n) is 1.67. The molecular formula is C10H19N. The van der Waals surface area contributed by atoms with Crippen LogP contribution in [0.15, 0.2) is 12.7 Å². The Labute approximate surface area is 69.9 Å². The van der Waals surface area contributed by atoms with Crippen LogP contribution >= 0.6 is 0 Å². The van der Waals surface area contributed by atoms with E-state index in [9.17, 15) is 0 Å². The van der Waals surface area contributed by atoms with Gasteiger partial charge in [0.15, 0.2) is 0 Å². The standard InChI is InChI=1S/C10H19N/c1-4-5-6-9(11-3)10(2)7-8-10/h4,9,11H,1,5-8H2,2-3H3. The Morgan fingerprint density at radius 2 is 2.27 bits per heavy atom. The third-order valence-corrected chi connectivity index (χ3v) is 2.89. The molecule has 1 saturated carbocycles. The number of hydrogen-bond acceptors (Lipinski definition) is 1. The Morgan fingerprint density at radius 3 is 2.64 bits per heavy atom. The highest BCUT2D eigenvalue weighted by atomic mass is 14.9. The molecule has 1 aliphatic carbocycles. The van der Waals surface area contributed by atoms with Gasteiger partial charge in [0.25, 0.3) is 0 Å². The molecule has 0 bridgehead atoms. The third kappa shape index (κ3) is 2.06. The molecule has 0 spiro atoms. The summed E-state index contributed by atoms with van der Waals surface area (Å²) < 4.78 is 0. The number of rotatable bonds is 5. The lowest BCUT2D eigenvalue weighted by Crippen LogP contribution is -2.33. The maximum Gasteiger partial charge on any atom is 0.0121 e. The Balaban J connectivity index is 2.30. The molecule has 0 aliphatic heterocycles. The summed E-state index contributed by atoms with van der Waals surface area (Å²) in [7, 11) is 2.07. The van der Waals surface area contributed by atoms with Gasteiger partial charge in [0.05, 0.1) is 0 Å². The molecule has 1 N–H and O–H groups in total. The van der Waals surface area contributed by atoms with Crippen molar-refractivity contribution in [1.29, 1.82) is 0 Å². The molecule has 0 heterocycles. The van der Waals surface area contributed by atoms with Crippen molar-refractivity contribution < 1.29 is 0 Å². The van der Waals surface area contributed by atoms with Crippen molar-refractivity contribution in [3.05, 3.63) is 12.7 Å². The van der Waals surface area contributed by atoms with Gasteiger partial charge in [-0.2, -0.15) is 0 Å². The van der Waals surface area contributed by atoms with Crippen LogP contribution in [0.3, 0.4) is 0 Å². The van der Waals surface area contributed by atoms with Crippen LogP contribution in [-0.2, 0) is 0 Å². The SMILES string of the molecule is C=CCCC(NC)C1(C)CC1. The maximum atomic E-state index is 3.74. The molecule has 0 aromatic heterocycles. The quantitative estimate of drug-likeness (QED) is 0.598. The molecule has 1 nitrogen and oxygen atoms in total. The van der Waals surface area contributed by atoms with Gasteiger partial charge in [-0.3, -0.25) is 0 Å². The largest absolute Gasteiger partial charge is 0.316 e. The highest BCUT2D eigenvalue weighted by Gasteiger charge is 2.43. The molecule has 0 aromatic rings. The zero-order valence-electron chi connectivity index (χ0n) is 7.69. The second-order valence-electron chi connectivity index (χ2n) is 3.86. The van der Waals surface area contributed by atoms with Gasteiger partial charge in [-0.15, -0.1) is 6.58 Å². The van der Waals surface area contributed by atoms with Gasteiger partial charge in [0.2, 0.25) is 0 Å². The maximum absolute atomic E-state index is 3.74. The number of allylic oxidation sites excluding steroid dienone is 1. The first-order valence-electron chi connectivity index (χ1n) is 4.51. The molecule has 1 fully saturated rings. The molecule has 0 radical (unpaired) electrons. The van der Waals surface area contributed by atoms with Crippen LogP contribution < -0.4 is 5.32 Å². The minimum atomic E-state index is 0.609. The fraction of sp³-hybridized carbons (Fsp3) is 0.800. The van der Waals surface area contributed by atoms with Gasteiger partial charge in [0, 0.05) is 6.04 Å². The van der Waals surface area contributed by atoms with Gasteiger partial charge in [0.1, 0.15) is 0 Å². The Hall–Kier alpha value is -0.300. The second-order valence-corrected chi connectivity index (χ2v) is 3.86. The molecule has 1 rings (SSSR count). The molecule has 0 saturated heterocycles. The summed E-state index contributed by atoms with van der Waals surface area (Å²) in [5.74, 6) is 0. The zero-order chi connectivity index (χ0) is 8.32. The molecule has 1 aliphatic rings. The monoisotopic (exact) mass is 153 g/mol. The van der Waals surface area contributed by atoms with Crippen molar-refractivity contribution in [2.45, 2.75) is 38.6 Å². The van der Waals surface area contributed by atoms with E-state index in [0.29, 0.717) is 11.5 Å². The first-order valence-corrected chi connectivity index (χ1v) is 4.51. The van der Waals surface area contributed by atoms with E-state index < -0.39 is 0 Å². The van der Waals surface area contributed by atoms with Crippen molar-refractivity contribution in [2.75, 3.05) is 7.05 Å². The van der Waals surface area contributed by atoms with Gasteiger partial charge in [-0.25, -0.2) is 0 Å². The van der Waals surface area contributed by atoms with Crippen LogP contribution in [-0.4, -0.2) is 13.1 Å². The van der Waals surface area contributed by atoms with E-state index >= 15 is 0 Å². The molecule has 0 aromatic carbocycles. The van der Waals surface area contributed by atoms with Crippen LogP contribution in [0, 0.1) is 5.41 Å². The van der Waals surface area contributed by atoms with Crippen LogP contribution in [0.25, 0.3) is 0 Å². The van der Waals surface area contributed by atoms with E-state index in [0.717, 1.165) is 6.42 Å². The summed E-state index contributed by atoms with van der Waals surface area (Å²) in [6.45, 7) is 6.11. The molecule has 1 atom stereocenters. The minimum absolute atomic E-state index is 0.609. The topological polar surface area (TPSA) is 12.0 Å². The summed E-state index contributed by atoms with van der Waals surface area (Å²) >= 11 is 0. The smallest absolute Gasteiger partial charge is 0.0121 e. The van der Waals surface area contributed by atoms with Crippen LogP contribution in [0.1, 0.15) is 32.6 Å². The predicted molar refractivity (Wildman–Crippen MR) is 49.6 cm³/mol. The third-order valence-electron chi connectivity index (χ3n) is 2.89. The van der Waals surface area contributed by atoms with E-state index in [1.54, 1.807) is 0 Å². The summed E-state index contributed by atoms with van der Waals surface area (Å²) in [5, 5.41) is 3.39. The average Bonchev–Trinajstić information content (AvgIpc) is 2.71. The molecule has 1 heteroatoms. The van der Waals surface area contributed by atoms with Crippen LogP contribution in [0.5, 0.6) is 0 Å². The van der Waals surface area contributed by atoms with Gasteiger partial charge in [-0.1, -0.05) is 13.0 Å². The number of nitrogens with one attached hydrogen (secondary N) is 1. The van der Waals surface area contributed by atoms with Gasteiger partial charge in [-0.05, 0) is 38.1 Å². The van der Waals surface area contributed by atoms with E-state index in [1.165, 1.54) is 19.3 Å². The highest BCUT2D eigenvalue weighted by Crippen LogP contribution is 2.49. The average molecular weight is 153 g/mol. The lowest BCUT2D eigenvalue weighted by atomic mass is 9.95. The normalized spacial score (nSPS) is 22.7. The first-order chi connectivity index (χ1) is 5.23. The highest BCUT2D eigenvalue weighted by molar-refractivity contribution is 4.98. The summed E-state index contributed by atoms with van der Waals surface area (Å²) in [4.78, 5) is 0. The van der Waals surface area contributed by atoms with Crippen LogP contribution in [0.2, 0.25) is 0 Å². The Kier molecular flexibility index (Phi) is 2.72.